The number of benzene rings is 1. The molecule has 0 bridgehead atoms. The van der Waals surface area contributed by atoms with Gasteiger partial charge in [-0.1, -0.05) is 35.5 Å². The summed E-state index contributed by atoms with van der Waals surface area (Å²) in [4.78, 5) is 11.7. The lowest BCUT2D eigenvalue weighted by Crippen LogP contribution is -2.26. The van der Waals surface area contributed by atoms with Gasteiger partial charge in [-0.05, 0) is 5.56 Å². The van der Waals surface area contributed by atoms with Crippen molar-refractivity contribution < 1.29 is 9.32 Å². The average molecular weight is 251 g/mol. The third-order valence-corrected chi connectivity index (χ3v) is 2.71. The van der Waals surface area contributed by atoms with Crippen molar-refractivity contribution in [2.45, 2.75) is 11.9 Å². The van der Waals surface area contributed by atoms with Crippen LogP contribution in [-0.2, 0) is 11.3 Å². The molecule has 5 heteroatoms. The van der Waals surface area contributed by atoms with Gasteiger partial charge in [0.2, 0.25) is 5.91 Å². The van der Waals surface area contributed by atoms with E-state index < -0.39 is 5.38 Å². The van der Waals surface area contributed by atoms with Crippen LogP contribution in [0.15, 0.2) is 47.2 Å². The molecule has 1 atom stereocenters. The van der Waals surface area contributed by atoms with Crippen LogP contribution < -0.4 is 5.32 Å². The first-order chi connectivity index (χ1) is 8.27. The van der Waals surface area contributed by atoms with Gasteiger partial charge in [-0.15, -0.1) is 11.6 Å². The van der Waals surface area contributed by atoms with Gasteiger partial charge in [0.25, 0.3) is 0 Å². The molecule has 0 radical (unpaired) electrons. The third kappa shape index (κ3) is 3.07. The van der Waals surface area contributed by atoms with Gasteiger partial charge in [0.15, 0.2) is 0 Å². The molecule has 1 amide bonds. The van der Waals surface area contributed by atoms with E-state index in [1.54, 1.807) is 6.07 Å². The maximum Gasteiger partial charge on any atom is 0.242 e. The number of halogens is 1. The second-order valence-corrected chi connectivity index (χ2v) is 3.92. The molecule has 0 saturated heterocycles. The number of aromatic nitrogens is 1. The van der Waals surface area contributed by atoms with Gasteiger partial charge in [-0.2, -0.15) is 0 Å². The summed E-state index contributed by atoms with van der Waals surface area (Å²) in [5.74, 6) is -0.249. The maximum atomic E-state index is 11.7. The first-order valence-corrected chi connectivity index (χ1v) is 5.57. The Morgan fingerprint density at radius 2 is 2.12 bits per heavy atom. The fourth-order valence-electron chi connectivity index (χ4n) is 1.37. The molecule has 2 rings (SSSR count). The summed E-state index contributed by atoms with van der Waals surface area (Å²) in [5.41, 5.74) is 1.43. The largest absolute Gasteiger partial charge is 0.364 e. The molecule has 88 valence electrons. The Balaban J connectivity index is 1.92. The smallest absolute Gasteiger partial charge is 0.242 e. The van der Waals surface area contributed by atoms with E-state index in [1.165, 1.54) is 6.26 Å². The van der Waals surface area contributed by atoms with E-state index in [1.807, 2.05) is 30.3 Å². The van der Waals surface area contributed by atoms with Gasteiger partial charge in [0, 0.05) is 6.07 Å². The molecule has 0 aliphatic heterocycles. The Kier molecular flexibility index (Phi) is 3.77. The molecular formula is C12H11ClN2O2. The predicted octanol–water partition coefficient (Wildman–Crippen LogP) is 2.27. The fourth-order valence-corrected chi connectivity index (χ4v) is 1.59. The van der Waals surface area contributed by atoms with Crippen LogP contribution in [0.1, 0.15) is 16.6 Å². The number of rotatable bonds is 4. The molecule has 1 aromatic heterocycles. The zero-order chi connectivity index (χ0) is 12.1. The van der Waals surface area contributed by atoms with E-state index >= 15 is 0 Å². The first-order valence-electron chi connectivity index (χ1n) is 5.13. The van der Waals surface area contributed by atoms with Crippen molar-refractivity contribution in [1.29, 1.82) is 0 Å². The van der Waals surface area contributed by atoms with Crippen LogP contribution in [-0.4, -0.2) is 11.1 Å². The SMILES string of the molecule is O=C(NCc1ccon1)C(Cl)c1ccccc1. The van der Waals surface area contributed by atoms with Crippen LogP contribution in [0, 0.1) is 0 Å². The second-order valence-electron chi connectivity index (χ2n) is 3.48. The summed E-state index contributed by atoms with van der Waals surface area (Å²) in [6, 6.07) is 10.9. The highest BCUT2D eigenvalue weighted by Crippen LogP contribution is 2.19. The van der Waals surface area contributed by atoms with Crippen LogP contribution in [0.25, 0.3) is 0 Å². The van der Waals surface area contributed by atoms with Crippen LogP contribution in [0.3, 0.4) is 0 Å². The molecule has 1 unspecified atom stereocenters. The van der Waals surface area contributed by atoms with Gasteiger partial charge in [0.05, 0.1) is 6.54 Å². The van der Waals surface area contributed by atoms with E-state index in [0.29, 0.717) is 12.2 Å². The molecule has 4 nitrogen and oxygen atoms in total. The van der Waals surface area contributed by atoms with E-state index in [-0.39, 0.29) is 5.91 Å². The summed E-state index contributed by atoms with van der Waals surface area (Å²) < 4.78 is 4.66. The maximum absolute atomic E-state index is 11.7. The van der Waals surface area contributed by atoms with Crippen molar-refractivity contribution in [3.8, 4) is 0 Å². The molecular weight excluding hydrogens is 240 g/mol. The summed E-state index contributed by atoms with van der Waals surface area (Å²) in [6.45, 7) is 0.311. The molecule has 0 spiro atoms. The number of nitrogens with one attached hydrogen (secondary N) is 1. The lowest BCUT2D eigenvalue weighted by atomic mass is 10.1. The molecule has 0 fully saturated rings. The quantitative estimate of drug-likeness (QED) is 0.847. The Labute approximate surface area is 104 Å². The van der Waals surface area contributed by atoms with Gasteiger partial charge in [0.1, 0.15) is 17.3 Å². The van der Waals surface area contributed by atoms with Crippen molar-refractivity contribution in [3.63, 3.8) is 0 Å². The summed E-state index contributed by atoms with van der Waals surface area (Å²) >= 11 is 6.04. The number of alkyl halides is 1. The number of hydrogen-bond donors (Lipinski definition) is 1. The summed E-state index contributed by atoms with van der Waals surface area (Å²) in [6.07, 6.45) is 1.46. The van der Waals surface area contributed by atoms with Crippen molar-refractivity contribution >= 4 is 17.5 Å². The second kappa shape index (κ2) is 5.50. The molecule has 17 heavy (non-hydrogen) atoms. The minimum Gasteiger partial charge on any atom is -0.364 e. The number of carbonyl (C=O) groups is 1. The Morgan fingerprint density at radius 3 is 2.76 bits per heavy atom. The normalized spacial score (nSPS) is 12.1. The van der Waals surface area contributed by atoms with Crippen molar-refractivity contribution in [2.24, 2.45) is 0 Å². The zero-order valence-electron chi connectivity index (χ0n) is 8.97. The number of carbonyl (C=O) groups excluding carboxylic acids is 1. The average Bonchev–Trinajstić information content (AvgIpc) is 2.89. The van der Waals surface area contributed by atoms with Crippen molar-refractivity contribution in [3.05, 3.63) is 53.9 Å². The minimum atomic E-state index is -0.692. The Hall–Kier alpha value is -1.81. The predicted molar refractivity (Wildman–Crippen MR) is 63.4 cm³/mol. The van der Waals surface area contributed by atoms with Gasteiger partial charge >= 0.3 is 0 Å². The topological polar surface area (TPSA) is 55.1 Å². The summed E-state index contributed by atoms with van der Waals surface area (Å²) in [7, 11) is 0. The lowest BCUT2D eigenvalue weighted by Gasteiger charge is -2.09. The Morgan fingerprint density at radius 1 is 1.35 bits per heavy atom. The number of hydrogen-bond acceptors (Lipinski definition) is 3. The molecule has 1 N–H and O–H groups in total. The summed E-state index contributed by atoms with van der Waals surface area (Å²) in [5, 5.41) is 5.69. The Bertz CT molecular complexity index is 471. The third-order valence-electron chi connectivity index (χ3n) is 2.26. The van der Waals surface area contributed by atoms with E-state index in [2.05, 4.69) is 15.0 Å². The van der Waals surface area contributed by atoms with Crippen LogP contribution in [0.2, 0.25) is 0 Å². The molecule has 0 saturated carbocycles. The fraction of sp³-hybridized carbons (Fsp3) is 0.167. The lowest BCUT2D eigenvalue weighted by molar-refractivity contribution is -0.121. The molecule has 0 aliphatic rings. The van der Waals surface area contributed by atoms with Crippen molar-refractivity contribution in [1.82, 2.24) is 10.5 Å². The molecule has 0 aliphatic carbocycles. The molecule has 1 heterocycles. The van der Waals surface area contributed by atoms with Crippen LogP contribution in [0.5, 0.6) is 0 Å². The van der Waals surface area contributed by atoms with E-state index in [0.717, 1.165) is 5.56 Å². The highest BCUT2D eigenvalue weighted by atomic mass is 35.5. The standard InChI is InChI=1S/C12H11ClN2O2/c13-11(9-4-2-1-3-5-9)12(16)14-8-10-6-7-17-15-10/h1-7,11H,8H2,(H,14,16). The first kappa shape index (κ1) is 11.7. The van der Waals surface area contributed by atoms with Gasteiger partial charge in [-0.3, -0.25) is 4.79 Å². The number of amides is 1. The highest BCUT2D eigenvalue weighted by molar-refractivity contribution is 6.30. The molecule has 2 aromatic rings. The minimum absolute atomic E-state index is 0.249. The van der Waals surface area contributed by atoms with Crippen molar-refractivity contribution in [2.75, 3.05) is 0 Å². The zero-order valence-corrected chi connectivity index (χ0v) is 9.72. The van der Waals surface area contributed by atoms with Crippen LogP contribution >= 0.6 is 11.6 Å². The van der Waals surface area contributed by atoms with Crippen LogP contribution in [0.4, 0.5) is 0 Å². The van der Waals surface area contributed by atoms with E-state index in [9.17, 15) is 4.79 Å². The monoisotopic (exact) mass is 250 g/mol. The van der Waals surface area contributed by atoms with E-state index in [4.69, 9.17) is 11.6 Å². The molecule has 1 aromatic carbocycles. The number of nitrogens with zero attached hydrogens (tertiary/aromatic N) is 1. The van der Waals surface area contributed by atoms with Gasteiger partial charge < -0.3 is 9.84 Å². The van der Waals surface area contributed by atoms with Gasteiger partial charge in [-0.25, -0.2) is 0 Å². The highest BCUT2D eigenvalue weighted by Gasteiger charge is 2.16.